The van der Waals surface area contributed by atoms with E-state index in [1.807, 2.05) is 0 Å². The highest BCUT2D eigenvalue weighted by Crippen LogP contribution is 2.29. The number of hydrogen-bond donors (Lipinski definition) is 2. The minimum atomic E-state index is -1.29. The van der Waals surface area contributed by atoms with Crippen LogP contribution in [0.1, 0.15) is 24.4 Å². The van der Waals surface area contributed by atoms with E-state index in [-0.39, 0.29) is 5.56 Å². The fourth-order valence-corrected chi connectivity index (χ4v) is 1.73. The standard InChI is InChI=1S/C12H13F3N2O/c13-8-4-10(15)9(14)3-7(8)11(12(16)18)17-5-6-1-2-6/h3-4,6,11,17H,1-2,5H2,(H2,16,18). The third-order valence-corrected chi connectivity index (χ3v) is 2.94. The molecule has 0 saturated heterocycles. The van der Waals surface area contributed by atoms with Crippen molar-refractivity contribution in [3.05, 3.63) is 35.1 Å². The number of rotatable bonds is 5. The summed E-state index contributed by atoms with van der Waals surface area (Å²) in [6.45, 7) is 0.506. The molecular weight excluding hydrogens is 245 g/mol. The van der Waals surface area contributed by atoms with Crippen molar-refractivity contribution < 1.29 is 18.0 Å². The second kappa shape index (κ2) is 4.97. The normalized spacial score (nSPS) is 16.6. The molecule has 0 aliphatic heterocycles. The maximum atomic E-state index is 13.5. The largest absolute Gasteiger partial charge is 0.368 e. The molecule has 3 N–H and O–H groups in total. The van der Waals surface area contributed by atoms with Crippen LogP contribution < -0.4 is 11.1 Å². The number of benzene rings is 1. The van der Waals surface area contributed by atoms with Gasteiger partial charge in [0.25, 0.3) is 0 Å². The molecule has 1 aliphatic rings. The molecule has 0 bridgehead atoms. The Labute approximate surface area is 102 Å². The molecule has 0 radical (unpaired) electrons. The van der Waals surface area contributed by atoms with E-state index in [4.69, 9.17) is 5.73 Å². The summed E-state index contributed by atoms with van der Waals surface area (Å²) in [6.07, 6.45) is 2.08. The van der Waals surface area contributed by atoms with E-state index in [0.29, 0.717) is 24.6 Å². The minimum absolute atomic E-state index is 0.262. The Balaban J connectivity index is 2.23. The Morgan fingerprint density at radius 3 is 2.44 bits per heavy atom. The van der Waals surface area contributed by atoms with Crippen LogP contribution in [0.4, 0.5) is 13.2 Å². The Morgan fingerprint density at radius 2 is 1.89 bits per heavy atom. The number of hydrogen-bond acceptors (Lipinski definition) is 2. The fourth-order valence-electron chi connectivity index (χ4n) is 1.73. The molecule has 6 heteroatoms. The van der Waals surface area contributed by atoms with Gasteiger partial charge in [-0.25, -0.2) is 13.2 Å². The number of carbonyl (C=O) groups is 1. The summed E-state index contributed by atoms with van der Waals surface area (Å²) in [6, 6.07) is -0.0555. The highest BCUT2D eigenvalue weighted by atomic mass is 19.2. The zero-order valence-corrected chi connectivity index (χ0v) is 9.55. The summed E-state index contributed by atoms with van der Waals surface area (Å²) in [5.41, 5.74) is 4.89. The van der Waals surface area contributed by atoms with Gasteiger partial charge in [-0.3, -0.25) is 4.79 Å². The van der Waals surface area contributed by atoms with Crippen molar-refractivity contribution in [1.82, 2.24) is 5.32 Å². The van der Waals surface area contributed by atoms with Gasteiger partial charge in [0.1, 0.15) is 11.9 Å². The number of nitrogens with one attached hydrogen (secondary N) is 1. The van der Waals surface area contributed by atoms with Crippen LogP contribution in [0.5, 0.6) is 0 Å². The zero-order chi connectivity index (χ0) is 13.3. The van der Waals surface area contributed by atoms with Crippen molar-refractivity contribution in [3.8, 4) is 0 Å². The Hall–Kier alpha value is -1.56. The molecule has 3 nitrogen and oxygen atoms in total. The molecule has 1 saturated carbocycles. The summed E-state index contributed by atoms with van der Waals surface area (Å²) < 4.78 is 39.4. The first-order valence-corrected chi connectivity index (χ1v) is 5.66. The van der Waals surface area contributed by atoms with Crippen molar-refractivity contribution in [2.24, 2.45) is 11.7 Å². The van der Waals surface area contributed by atoms with Crippen molar-refractivity contribution in [1.29, 1.82) is 0 Å². The molecule has 1 atom stereocenters. The lowest BCUT2D eigenvalue weighted by Gasteiger charge is -2.16. The van der Waals surface area contributed by atoms with Gasteiger partial charge in [-0.2, -0.15) is 0 Å². The summed E-state index contributed by atoms with van der Waals surface area (Å²) in [7, 11) is 0. The van der Waals surface area contributed by atoms with Crippen molar-refractivity contribution >= 4 is 5.91 Å². The molecule has 1 unspecified atom stereocenters. The molecule has 98 valence electrons. The molecule has 0 heterocycles. The highest BCUT2D eigenvalue weighted by Gasteiger charge is 2.27. The number of primary amides is 1. The lowest BCUT2D eigenvalue weighted by molar-refractivity contribution is -0.120. The minimum Gasteiger partial charge on any atom is -0.368 e. The van der Waals surface area contributed by atoms with Gasteiger partial charge in [0.05, 0.1) is 0 Å². The van der Waals surface area contributed by atoms with E-state index in [1.165, 1.54) is 0 Å². The van der Waals surface area contributed by atoms with Gasteiger partial charge in [0.2, 0.25) is 5.91 Å². The second-order valence-electron chi connectivity index (χ2n) is 4.47. The molecule has 1 aliphatic carbocycles. The topological polar surface area (TPSA) is 55.1 Å². The summed E-state index contributed by atoms with van der Waals surface area (Å²) in [4.78, 5) is 11.3. The van der Waals surface area contributed by atoms with Gasteiger partial charge in [0.15, 0.2) is 11.6 Å². The first kappa shape index (κ1) is 12.9. The molecule has 1 aromatic carbocycles. The lowest BCUT2D eigenvalue weighted by Crippen LogP contribution is -2.35. The van der Waals surface area contributed by atoms with Gasteiger partial charge < -0.3 is 11.1 Å². The van der Waals surface area contributed by atoms with Crippen LogP contribution in [0.3, 0.4) is 0 Å². The van der Waals surface area contributed by atoms with E-state index >= 15 is 0 Å². The molecule has 1 aromatic rings. The van der Waals surface area contributed by atoms with Gasteiger partial charge in [0, 0.05) is 11.6 Å². The van der Waals surface area contributed by atoms with E-state index in [9.17, 15) is 18.0 Å². The molecule has 0 spiro atoms. The SMILES string of the molecule is NC(=O)C(NCC1CC1)c1cc(F)c(F)cc1F. The Morgan fingerprint density at radius 1 is 1.28 bits per heavy atom. The number of halogens is 3. The number of amides is 1. The summed E-state index contributed by atoms with van der Waals surface area (Å²) >= 11 is 0. The van der Waals surface area contributed by atoms with Crippen LogP contribution >= 0.6 is 0 Å². The Bertz CT molecular complexity index is 475. The molecule has 1 fully saturated rings. The van der Waals surface area contributed by atoms with E-state index in [1.54, 1.807) is 0 Å². The smallest absolute Gasteiger partial charge is 0.239 e. The predicted molar refractivity (Wildman–Crippen MR) is 59.0 cm³/mol. The van der Waals surface area contributed by atoms with Crippen LogP contribution in [-0.4, -0.2) is 12.5 Å². The van der Waals surface area contributed by atoms with Crippen molar-refractivity contribution in [2.75, 3.05) is 6.54 Å². The lowest BCUT2D eigenvalue weighted by atomic mass is 10.0. The average molecular weight is 258 g/mol. The van der Waals surface area contributed by atoms with Crippen molar-refractivity contribution in [2.45, 2.75) is 18.9 Å². The molecule has 18 heavy (non-hydrogen) atoms. The van der Waals surface area contributed by atoms with E-state index in [2.05, 4.69) is 5.32 Å². The first-order valence-electron chi connectivity index (χ1n) is 5.66. The predicted octanol–water partition coefficient (Wildman–Crippen LogP) is 1.63. The zero-order valence-electron chi connectivity index (χ0n) is 9.55. The van der Waals surface area contributed by atoms with Crippen molar-refractivity contribution in [3.63, 3.8) is 0 Å². The maximum absolute atomic E-state index is 13.5. The van der Waals surface area contributed by atoms with Gasteiger partial charge in [-0.05, 0) is 31.4 Å². The third-order valence-electron chi connectivity index (χ3n) is 2.94. The van der Waals surface area contributed by atoms with Crippen LogP contribution in [0.25, 0.3) is 0 Å². The van der Waals surface area contributed by atoms with Gasteiger partial charge in [-0.1, -0.05) is 0 Å². The molecule has 1 amide bonds. The monoisotopic (exact) mass is 258 g/mol. The first-order chi connectivity index (χ1) is 8.49. The summed E-state index contributed by atoms with van der Waals surface area (Å²) in [5.74, 6) is -3.85. The molecule has 2 rings (SSSR count). The van der Waals surface area contributed by atoms with Gasteiger partial charge in [-0.15, -0.1) is 0 Å². The van der Waals surface area contributed by atoms with E-state index < -0.39 is 29.4 Å². The molecule has 0 aromatic heterocycles. The van der Waals surface area contributed by atoms with Crippen LogP contribution in [0.2, 0.25) is 0 Å². The second-order valence-corrected chi connectivity index (χ2v) is 4.47. The number of nitrogens with two attached hydrogens (primary N) is 1. The average Bonchev–Trinajstić information content (AvgIpc) is 3.09. The van der Waals surface area contributed by atoms with Crippen LogP contribution in [-0.2, 0) is 4.79 Å². The number of carbonyl (C=O) groups excluding carboxylic acids is 1. The highest BCUT2D eigenvalue weighted by molar-refractivity contribution is 5.81. The quantitative estimate of drug-likeness (QED) is 0.789. The van der Waals surface area contributed by atoms with Crippen LogP contribution in [0, 0.1) is 23.4 Å². The molecular formula is C12H13F3N2O. The van der Waals surface area contributed by atoms with Gasteiger partial charge >= 0.3 is 0 Å². The van der Waals surface area contributed by atoms with Crippen LogP contribution in [0.15, 0.2) is 12.1 Å². The third kappa shape index (κ3) is 2.81. The maximum Gasteiger partial charge on any atom is 0.239 e. The summed E-state index contributed by atoms with van der Waals surface area (Å²) in [5, 5.41) is 2.78. The Kier molecular flexibility index (Phi) is 3.56. The fraction of sp³-hybridized carbons (Fsp3) is 0.417. The van der Waals surface area contributed by atoms with E-state index in [0.717, 1.165) is 12.8 Å².